The fourth-order valence-corrected chi connectivity index (χ4v) is 3.92. The molecule has 31 heavy (non-hydrogen) atoms. The number of amides is 1. The number of benzene rings is 2. The molecule has 0 saturated carbocycles. The lowest BCUT2D eigenvalue weighted by Crippen LogP contribution is -2.15. The summed E-state index contributed by atoms with van der Waals surface area (Å²) in [5, 5.41) is 16.3. The molecule has 1 amide bonds. The van der Waals surface area contributed by atoms with Crippen LogP contribution in [0.5, 0.6) is 0 Å². The zero-order valence-corrected chi connectivity index (χ0v) is 18.4. The number of nitrogens with one attached hydrogen (secondary N) is 1. The summed E-state index contributed by atoms with van der Waals surface area (Å²) in [5.74, 6) is 1.19. The van der Waals surface area contributed by atoms with E-state index < -0.39 is 0 Å². The predicted molar refractivity (Wildman–Crippen MR) is 120 cm³/mol. The minimum atomic E-state index is -0.190. The van der Waals surface area contributed by atoms with Crippen LogP contribution in [0.4, 0.5) is 5.69 Å². The van der Waals surface area contributed by atoms with Gasteiger partial charge >= 0.3 is 0 Å². The number of nitrogens with zero attached hydrogens (tertiary/aromatic N) is 5. The molecule has 0 aliphatic heterocycles. The molecule has 4 aromatic rings. The normalized spacial score (nSPS) is 10.9. The third kappa shape index (κ3) is 4.78. The number of thioether (sulfide) groups is 1. The van der Waals surface area contributed by atoms with Crippen LogP contribution in [-0.2, 0) is 11.3 Å². The Morgan fingerprint density at radius 3 is 2.81 bits per heavy atom. The summed E-state index contributed by atoms with van der Waals surface area (Å²) in [6.45, 7) is 4.54. The van der Waals surface area contributed by atoms with E-state index in [-0.39, 0.29) is 17.6 Å². The van der Waals surface area contributed by atoms with Crippen LogP contribution >= 0.6 is 23.4 Å². The Morgan fingerprint density at radius 1 is 1.19 bits per heavy atom. The third-order valence-electron chi connectivity index (χ3n) is 4.41. The summed E-state index contributed by atoms with van der Waals surface area (Å²) >= 11 is 7.36. The molecule has 1 N–H and O–H groups in total. The summed E-state index contributed by atoms with van der Waals surface area (Å²) in [4.78, 5) is 16.8. The Bertz CT molecular complexity index is 1220. The first-order valence-electron chi connectivity index (χ1n) is 9.56. The fraction of sp³-hybridized carbons (Fsp3) is 0.190. The van der Waals surface area contributed by atoms with Gasteiger partial charge in [0.15, 0.2) is 5.16 Å². The second-order valence-electron chi connectivity index (χ2n) is 6.66. The average molecular weight is 455 g/mol. The first-order chi connectivity index (χ1) is 15.0. The highest BCUT2D eigenvalue weighted by atomic mass is 35.5. The van der Waals surface area contributed by atoms with Gasteiger partial charge < -0.3 is 9.84 Å². The van der Waals surface area contributed by atoms with Crippen LogP contribution < -0.4 is 5.32 Å². The van der Waals surface area contributed by atoms with E-state index in [0.717, 1.165) is 11.1 Å². The predicted octanol–water partition coefficient (Wildman–Crippen LogP) is 4.71. The van der Waals surface area contributed by atoms with Gasteiger partial charge in [0.1, 0.15) is 0 Å². The zero-order chi connectivity index (χ0) is 21.8. The second kappa shape index (κ2) is 9.32. The lowest BCUT2D eigenvalue weighted by atomic mass is 10.1. The number of para-hydroxylation sites is 1. The highest BCUT2D eigenvalue weighted by Crippen LogP contribution is 2.26. The molecule has 2 aromatic heterocycles. The van der Waals surface area contributed by atoms with E-state index in [1.165, 1.54) is 11.8 Å². The minimum absolute atomic E-state index is 0.154. The topological polar surface area (TPSA) is 98.7 Å². The Hall–Kier alpha value is -3.17. The van der Waals surface area contributed by atoms with Crippen molar-refractivity contribution in [1.29, 1.82) is 0 Å². The van der Waals surface area contributed by atoms with Gasteiger partial charge in [-0.15, -0.1) is 10.2 Å². The smallest absolute Gasteiger partial charge is 0.296 e. The molecular formula is C21H19ClN6O2S. The average Bonchev–Trinajstić information content (AvgIpc) is 3.40. The number of halogens is 1. The standard InChI is InChI=1S/C21H19ClN6O2S/c1-3-28-19(20-24-18(27-30-20)14-8-6-7-13(2)11-14)25-26-21(28)31-12-17(29)23-16-10-5-4-9-15(16)22/h4-11H,3,12H2,1-2H3,(H,23,29). The van der Waals surface area contributed by atoms with Crippen molar-refractivity contribution in [3.05, 3.63) is 59.1 Å². The number of aryl methyl sites for hydroxylation is 1. The Balaban J connectivity index is 1.48. The van der Waals surface area contributed by atoms with Crippen LogP contribution in [0.3, 0.4) is 0 Å². The Kier molecular flexibility index (Phi) is 6.34. The molecule has 0 spiro atoms. The molecule has 0 radical (unpaired) electrons. The van der Waals surface area contributed by atoms with Crippen molar-refractivity contribution in [3.8, 4) is 23.1 Å². The Morgan fingerprint density at radius 2 is 2.03 bits per heavy atom. The molecule has 4 rings (SSSR count). The van der Waals surface area contributed by atoms with Crippen molar-refractivity contribution >= 4 is 35.0 Å². The van der Waals surface area contributed by atoms with Gasteiger partial charge in [0.2, 0.25) is 17.6 Å². The van der Waals surface area contributed by atoms with E-state index in [1.807, 2.05) is 48.7 Å². The minimum Gasteiger partial charge on any atom is -0.330 e. The van der Waals surface area contributed by atoms with E-state index in [4.69, 9.17) is 16.1 Å². The first kappa shape index (κ1) is 21.1. The fourth-order valence-electron chi connectivity index (χ4n) is 2.93. The quantitative estimate of drug-likeness (QED) is 0.404. The number of anilines is 1. The van der Waals surface area contributed by atoms with E-state index in [9.17, 15) is 4.79 Å². The monoisotopic (exact) mass is 454 g/mol. The van der Waals surface area contributed by atoms with Gasteiger partial charge in [0.25, 0.3) is 5.89 Å². The summed E-state index contributed by atoms with van der Waals surface area (Å²) in [6.07, 6.45) is 0. The molecule has 0 fully saturated rings. The molecule has 0 unspecified atom stereocenters. The van der Waals surface area contributed by atoms with Crippen LogP contribution in [0.15, 0.2) is 58.2 Å². The van der Waals surface area contributed by atoms with Gasteiger partial charge in [-0.1, -0.05) is 64.4 Å². The van der Waals surface area contributed by atoms with Crippen molar-refractivity contribution in [2.45, 2.75) is 25.5 Å². The summed E-state index contributed by atoms with van der Waals surface area (Å²) in [6, 6.07) is 14.9. The molecule has 8 nitrogen and oxygen atoms in total. The first-order valence-corrected chi connectivity index (χ1v) is 10.9. The number of carbonyl (C=O) groups is 1. The molecule has 10 heteroatoms. The van der Waals surface area contributed by atoms with Crippen molar-refractivity contribution in [2.75, 3.05) is 11.1 Å². The Labute approximate surface area is 188 Å². The highest BCUT2D eigenvalue weighted by Gasteiger charge is 2.20. The molecule has 0 bridgehead atoms. The van der Waals surface area contributed by atoms with E-state index >= 15 is 0 Å². The number of hydrogen-bond donors (Lipinski definition) is 1. The maximum Gasteiger partial charge on any atom is 0.296 e. The lowest BCUT2D eigenvalue weighted by Gasteiger charge is -2.07. The summed E-state index contributed by atoms with van der Waals surface area (Å²) in [5.41, 5.74) is 2.54. The lowest BCUT2D eigenvalue weighted by molar-refractivity contribution is -0.113. The van der Waals surface area contributed by atoms with Crippen LogP contribution in [0, 0.1) is 6.92 Å². The highest BCUT2D eigenvalue weighted by molar-refractivity contribution is 7.99. The van der Waals surface area contributed by atoms with Gasteiger partial charge in [0, 0.05) is 12.1 Å². The molecular weight excluding hydrogens is 436 g/mol. The van der Waals surface area contributed by atoms with Crippen LogP contribution in [0.25, 0.3) is 23.1 Å². The molecule has 2 heterocycles. The molecule has 2 aromatic carbocycles. The van der Waals surface area contributed by atoms with Crippen molar-refractivity contribution in [1.82, 2.24) is 24.9 Å². The van der Waals surface area contributed by atoms with Gasteiger partial charge in [0.05, 0.1) is 16.5 Å². The van der Waals surface area contributed by atoms with Gasteiger partial charge in [-0.05, 0) is 32.0 Å². The van der Waals surface area contributed by atoms with Gasteiger partial charge in [-0.3, -0.25) is 9.36 Å². The molecule has 0 aliphatic carbocycles. The maximum atomic E-state index is 12.3. The molecule has 0 aliphatic rings. The number of rotatable bonds is 7. The third-order valence-corrected chi connectivity index (χ3v) is 5.70. The summed E-state index contributed by atoms with van der Waals surface area (Å²) in [7, 11) is 0. The van der Waals surface area contributed by atoms with Crippen molar-refractivity contribution in [2.24, 2.45) is 0 Å². The van der Waals surface area contributed by atoms with Crippen LogP contribution in [0.2, 0.25) is 5.02 Å². The maximum absolute atomic E-state index is 12.3. The largest absolute Gasteiger partial charge is 0.330 e. The number of hydrogen-bond acceptors (Lipinski definition) is 7. The van der Waals surface area contributed by atoms with Gasteiger partial charge in [-0.2, -0.15) is 4.98 Å². The van der Waals surface area contributed by atoms with Gasteiger partial charge in [-0.25, -0.2) is 0 Å². The zero-order valence-electron chi connectivity index (χ0n) is 16.9. The summed E-state index contributed by atoms with van der Waals surface area (Å²) < 4.78 is 7.27. The van der Waals surface area contributed by atoms with E-state index in [0.29, 0.717) is 34.1 Å². The molecule has 0 atom stereocenters. The van der Waals surface area contributed by atoms with E-state index in [2.05, 4.69) is 25.7 Å². The number of aromatic nitrogens is 5. The second-order valence-corrected chi connectivity index (χ2v) is 8.01. The van der Waals surface area contributed by atoms with Crippen molar-refractivity contribution in [3.63, 3.8) is 0 Å². The molecule has 0 saturated heterocycles. The molecule has 158 valence electrons. The van der Waals surface area contributed by atoms with Crippen molar-refractivity contribution < 1.29 is 9.32 Å². The SMILES string of the molecule is CCn1c(SCC(=O)Nc2ccccc2Cl)nnc1-c1nc(-c2cccc(C)c2)no1. The number of carbonyl (C=O) groups excluding carboxylic acids is 1. The van der Waals surface area contributed by atoms with Crippen LogP contribution in [-0.4, -0.2) is 36.6 Å². The van der Waals surface area contributed by atoms with Crippen LogP contribution in [0.1, 0.15) is 12.5 Å². The van der Waals surface area contributed by atoms with E-state index in [1.54, 1.807) is 18.2 Å².